The number of carbonyl (C=O) groups is 1. The maximum atomic E-state index is 12.0. The van der Waals surface area contributed by atoms with Crippen molar-refractivity contribution in [2.45, 2.75) is 89.1 Å². The van der Waals surface area contributed by atoms with Gasteiger partial charge in [-0.15, -0.1) is 0 Å². The van der Waals surface area contributed by atoms with E-state index in [9.17, 15) is 4.79 Å². The monoisotopic (exact) mass is 348 g/mol. The second kappa shape index (κ2) is 6.88. The van der Waals surface area contributed by atoms with Gasteiger partial charge in [-0.25, -0.2) is 4.79 Å². The van der Waals surface area contributed by atoms with Crippen molar-refractivity contribution in [3.05, 3.63) is 23.8 Å². The molecule has 0 saturated carbocycles. The average molecular weight is 348 g/mol. The summed E-state index contributed by atoms with van der Waals surface area (Å²) in [5.41, 5.74) is 1.92. The zero-order valence-corrected chi connectivity index (χ0v) is 16.1. The van der Waals surface area contributed by atoms with Crippen LogP contribution < -0.4 is 0 Å². The highest BCUT2D eigenvalue weighted by atomic mass is 16.6. The molecule has 0 aromatic carbocycles. The van der Waals surface area contributed by atoms with Crippen molar-refractivity contribution in [3.63, 3.8) is 0 Å². The molecule has 3 aliphatic rings. The quantitative estimate of drug-likeness (QED) is 0.322. The number of hydrogen-bond acceptors (Lipinski definition) is 4. The van der Waals surface area contributed by atoms with E-state index in [1.807, 2.05) is 0 Å². The smallest absolute Gasteiger partial charge is 0.333 e. The predicted molar refractivity (Wildman–Crippen MR) is 97.3 cm³/mol. The van der Waals surface area contributed by atoms with Crippen LogP contribution in [0.2, 0.25) is 0 Å². The van der Waals surface area contributed by atoms with Crippen LogP contribution in [-0.4, -0.2) is 36.5 Å². The molecule has 0 radical (unpaired) electrons. The molecule has 0 amide bonds. The Morgan fingerprint density at radius 1 is 1.20 bits per heavy atom. The van der Waals surface area contributed by atoms with Crippen molar-refractivity contribution < 1.29 is 19.0 Å². The summed E-state index contributed by atoms with van der Waals surface area (Å²) >= 11 is 0. The molecule has 3 rings (SSSR count). The molecule has 25 heavy (non-hydrogen) atoms. The van der Waals surface area contributed by atoms with Crippen LogP contribution in [0.25, 0.3) is 0 Å². The Morgan fingerprint density at radius 3 is 2.60 bits per heavy atom. The zero-order valence-electron chi connectivity index (χ0n) is 16.1. The molecule has 2 heterocycles. The number of fused-ring (bicyclic) bond motifs is 2. The summed E-state index contributed by atoms with van der Waals surface area (Å²) < 4.78 is 16.9. The van der Waals surface area contributed by atoms with Crippen LogP contribution in [0.15, 0.2) is 23.8 Å². The summed E-state index contributed by atoms with van der Waals surface area (Å²) in [4.78, 5) is 12.0. The topological polar surface area (TPSA) is 51.4 Å². The number of methoxy groups -OCH3 is 1. The lowest BCUT2D eigenvalue weighted by atomic mass is 9.83. The van der Waals surface area contributed by atoms with E-state index >= 15 is 0 Å². The van der Waals surface area contributed by atoms with Crippen LogP contribution >= 0.6 is 0 Å². The second-order valence-electron chi connectivity index (χ2n) is 8.45. The standard InChI is InChI=1S/C21H32O4/c1-14-7-6-11-20(3)18(25-20)13-16(15(2)19(22)23-5)10-12-21(4)17(24-21)9-8-14/h7,16-18H,2,6,8-13H2,1,3-5H3/b14-7+/t16-,17+,18-,20+,21+/m0/s1. The van der Waals surface area contributed by atoms with Gasteiger partial charge in [0.25, 0.3) is 0 Å². The van der Waals surface area contributed by atoms with Crippen molar-refractivity contribution in [2.75, 3.05) is 7.11 Å². The number of allylic oxidation sites excluding steroid dienone is 2. The molecular formula is C21H32O4. The summed E-state index contributed by atoms with van der Waals surface area (Å²) in [7, 11) is 1.42. The number of rotatable bonds is 2. The lowest BCUT2D eigenvalue weighted by Crippen LogP contribution is -2.21. The van der Waals surface area contributed by atoms with Crippen molar-refractivity contribution >= 4 is 5.97 Å². The summed E-state index contributed by atoms with van der Waals surface area (Å²) in [6.45, 7) is 10.6. The van der Waals surface area contributed by atoms with E-state index in [1.165, 1.54) is 12.7 Å². The third-order valence-corrected chi connectivity index (χ3v) is 6.43. The number of hydrogen-bond donors (Lipinski definition) is 0. The minimum atomic E-state index is -0.301. The zero-order chi connectivity index (χ0) is 18.2. The van der Waals surface area contributed by atoms with Crippen LogP contribution in [0.5, 0.6) is 0 Å². The van der Waals surface area contributed by atoms with Gasteiger partial charge in [0.05, 0.1) is 30.5 Å². The molecule has 1 aliphatic carbocycles. The molecule has 5 atom stereocenters. The Bertz CT molecular complexity index is 580. The van der Waals surface area contributed by atoms with E-state index in [-0.39, 0.29) is 29.2 Å². The second-order valence-corrected chi connectivity index (χ2v) is 8.45. The maximum absolute atomic E-state index is 12.0. The van der Waals surface area contributed by atoms with Crippen molar-refractivity contribution in [2.24, 2.45) is 5.92 Å². The van der Waals surface area contributed by atoms with E-state index in [2.05, 4.69) is 33.4 Å². The molecule has 0 unspecified atom stereocenters. The van der Waals surface area contributed by atoms with Crippen LogP contribution in [0.1, 0.15) is 65.7 Å². The van der Waals surface area contributed by atoms with E-state index < -0.39 is 0 Å². The molecule has 0 bridgehead atoms. The van der Waals surface area contributed by atoms with Gasteiger partial charge in [0.1, 0.15) is 0 Å². The number of ether oxygens (including phenoxy) is 3. The van der Waals surface area contributed by atoms with Gasteiger partial charge in [0.2, 0.25) is 0 Å². The van der Waals surface area contributed by atoms with Gasteiger partial charge in [-0.2, -0.15) is 0 Å². The molecule has 4 nitrogen and oxygen atoms in total. The number of carbonyl (C=O) groups excluding carboxylic acids is 1. The van der Waals surface area contributed by atoms with E-state index in [4.69, 9.17) is 14.2 Å². The molecule has 0 aromatic rings. The summed E-state index contributed by atoms with van der Waals surface area (Å²) in [5.74, 6) is -0.202. The molecule has 0 spiro atoms. The highest BCUT2D eigenvalue weighted by molar-refractivity contribution is 5.88. The van der Waals surface area contributed by atoms with Crippen LogP contribution in [0.4, 0.5) is 0 Å². The lowest BCUT2D eigenvalue weighted by molar-refractivity contribution is -0.136. The minimum Gasteiger partial charge on any atom is -0.466 e. The Morgan fingerprint density at radius 2 is 1.88 bits per heavy atom. The highest BCUT2D eigenvalue weighted by Gasteiger charge is 2.54. The van der Waals surface area contributed by atoms with E-state index in [1.54, 1.807) is 0 Å². The molecule has 4 heteroatoms. The highest BCUT2D eigenvalue weighted by Crippen LogP contribution is 2.48. The molecule has 140 valence electrons. The van der Waals surface area contributed by atoms with Crippen molar-refractivity contribution in [1.29, 1.82) is 0 Å². The largest absolute Gasteiger partial charge is 0.466 e. The van der Waals surface area contributed by atoms with Gasteiger partial charge in [-0.05, 0) is 71.6 Å². The summed E-state index contributed by atoms with van der Waals surface area (Å²) in [5, 5.41) is 0. The van der Waals surface area contributed by atoms with E-state index in [0.717, 1.165) is 44.9 Å². The molecular weight excluding hydrogens is 316 g/mol. The van der Waals surface area contributed by atoms with Crippen molar-refractivity contribution in [3.8, 4) is 0 Å². The Kier molecular flexibility index (Phi) is 5.13. The Balaban J connectivity index is 1.72. The van der Waals surface area contributed by atoms with Gasteiger partial charge < -0.3 is 14.2 Å². The fourth-order valence-electron chi connectivity index (χ4n) is 4.20. The molecule has 0 aromatic heterocycles. The molecule has 2 saturated heterocycles. The van der Waals surface area contributed by atoms with Gasteiger partial charge in [0, 0.05) is 5.57 Å². The first-order chi connectivity index (χ1) is 11.8. The maximum Gasteiger partial charge on any atom is 0.333 e. The number of epoxide rings is 2. The number of esters is 1. The fraction of sp³-hybridized carbons (Fsp3) is 0.762. The summed E-state index contributed by atoms with van der Waals surface area (Å²) in [6, 6.07) is 0. The minimum absolute atomic E-state index is 0.0489. The van der Waals surface area contributed by atoms with E-state index in [0.29, 0.717) is 11.7 Å². The van der Waals surface area contributed by atoms with Gasteiger partial charge in [-0.3, -0.25) is 0 Å². The normalized spacial score (nSPS) is 43.5. The first-order valence-electron chi connectivity index (χ1n) is 9.56. The lowest BCUT2D eigenvalue weighted by Gasteiger charge is -2.19. The first kappa shape index (κ1) is 18.7. The van der Waals surface area contributed by atoms with Crippen LogP contribution in [-0.2, 0) is 19.0 Å². The van der Waals surface area contributed by atoms with Crippen LogP contribution in [0.3, 0.4) is 0 Å². The average Bonchev–Trinajstić information content (AvgIpc) is 3.43. The van der Waals surface area contributed by atoms with Crippen molar-refractivity contribution in [1.82, 2.24) is 0 Å². The molecule has 0 N–H and O–H groups in total. The third kappa shape index (κ3) is 4.17. The fourth-order valence-corrected chi connectivity index (χ4v) is 4.20. The molecule has 2 fully saturated rings. The van der Waals surface area contributed by atoms with Crippen LogP contribution in [0, 0.1) is 5.92 Å². The Hall–Kier alpha value is -1.13. The van der Waals surface area contributed by atoms with Gasteiger partial charge in [0.15, 0.2) is 0 Å². The third-order valence-electron chi connectivity index (χ3n) is 6.43. The van der Waals surface area contributed by atoms with Gasteiger partial charge in [-0.1, -0.05) is 18.2 Å². The molecule has 2 aliphatic heterocycles. The van der Waals surface area contributed by atoms with Gasteiger partial charge >= 0.3 is 5.97 Å². The Labute approximate surface area is 151 Å². The SMILES string of the molecule is C=C(C(=O)OC)[C@H]1CC[C@@]2(C)O[C@@H]2CC/C(C)=C/CC[C@@]2(C)O[C@H]2C1. The predicted octanol–water partition coefficient (Wildman–Crippen LogP) is 4.34. The summed E-state index contributed by atoms with van der Waals surface area (Å²) in [6.07, 6.45) is 9.84. The first-order valence-corrected chi connectivity index (χ1v) is 9.56.